The van der Waals surface area contributed by atoms with E-state index in [2.05, 4.69) is 355 Å². The third-order valence-corrected chi connectivity index (χ3v) is 22.7. The number of hydrogen-bond donors (Lipinski definition) is 0. The number of aromatic nitrogens is 3. The first kappa shape index (κ1) is 101. The van der Waals surface area contributed by atoms with Crippen LogP contribution in [0.5, 0.6) is 0 Å². The van der Waals surface area contributed by atoms with Gasteiger partial charge in [-0.1, -0.05) is 235 Å². The molecular weight excluding hydrogens is 1300 g/mol. The summed E-state index contributed by atoms with van der Waals surface area (Å²) < 4.78 is 0. The molecule has 0 bridgehead atoms. The van der Waals surface area contributed by atoms with Crippen molar-refractivity contribution in [1.82, 2.24) is 39.5 Å². The van der Waals surface area contributed by atoms with Crippen LogP contribution in [0.25, 0.3) is 0 Å². The van der Waals surface area contributed by atoms with Gasteiger partial charge in [-0.25, -0.2) is 9.97 Å². The van der Waals surface area contributed by atoms with Crippen LogP contribution in [0.15, 0.2) is 79.0 Å². The predicted molar refractivity (Wildman–Crippen MR) is 478 cm³/mol. The molecule has 8 heteroatoms. The fraction of sp³-hybridized carbons (Fsp3) is 0.788. The average Bonchev–Trinajstić information content (AvgIpc) is 1.77. The molecule has 4 aromatic rings. The van der Waals surface area contributed by atoms with Crippen LogP contribution < -0.4 is 0 Å². The second-order valence-electron chi connectivity index (χ2n) is 39.3. The molecule has 0 N–H and O–H groups in total. The van der Waals surface area contributed by atoms with Gasteiger partial charge in [0.25, 0.3) is 0 Å². The van der Waals surface area contributed by atoms with Crippen molar-refractivity contribution >= 4 is 0 Å². The molecule has 5 atom stereocenters. The summed E-state index contributed by atoms with van der Waals surface area (Å²) in [4.78, 5) is 26.3. The Balaban J connectivity index is 0.000000604. The zero-order valence-electron chi connectivity index (χ0n) is 77.8. The Morgan fingerprint density at radius 3 is 1.21 bits per heavy atom. The molecule has 0 amide bonds. The van der Waals surface area contributed by atoms with E-state index in [1.165, 1.54) is 144 Å². The number of aryl methyl sites for hydroxylation is 3. The normalized spacial score (nSPS) is 19.0. The van der Waals surface area contributed by atoms with E-state index >= 15 is 0 Å². The van der Waals surface area contributed by atoms with Crippen molar-refractivity contribution in [3.63, 3.8) is 0 Å². The molecule has 5 aliphatic heterocycles. The highest BCUT2D eigenvalue weighted by atomic mass is 15.3. The SMILES string of the molecule is CC(C)C1CCN(C(C)C)C1.CC(C)C1CCN(C(C)C)CC1.CC(C)C1CN(C(C)C)C1.CC(C)C1CN1C(C)C.CC(C)CC1CN1C(C)C.CC(C)CCc1cccc(C(C)C)c1.CC(C)CCc1cccc(C(C)C)n1.CC(C)CCc1nccc(C(C)C)n1.CC(C)Cc1ccc(C(C)C)cc1. The molecule has 0 saturated carbocycles. The zero-order chi connectivity index (χ0) is 81.5. The van der Waals surface area contributed by atoms with E-state index in [4.69, 9.17) is 0 Å². The van der Waals surface area contributed by atoms with Gasteiger partial charge < -0.3 is 14.7 Å². The van der Waals surface area contributed by atoms with Crippen LogP contribution in [0.3, 0.4) is 0 Å². The standard InChI is InChI=1S/C14H22.C13H21N.C13H20.C12H20N2.C11H23N.C10H21N.2C9H19N.C8H17N/c1-11(2)8-9-13-6-5-7-14(10-13)12(3)4;1-10(2)8-9-12-6-5-7-13(14-12)11(3)4;1-10(2)9-12-5-7-13(8-6-12)11(3)4;1-9(2)5-6-12-13-8-7-11(14-12)10(3)4;1-9(2)11-5-7-12(8-6-11)10(3)4;1-8(2)10-5-6-11(7-10)9(3)4;1-7(2)9-5-10(6-9)8(3)4;1-7(2)5-9-6-10(9)8(3)4;1-6(2)8-5-9(8)7(3)4/h5-7,10-12H,8-9H2,1-4H3;5-7,10-11H,8-9H2,1-4H3;5-8,10-11H,9H2,1-4H3;7-10H,5-6H2,1-4H3;9-11H,5-8H2,1-4H3;8-10H,5-7H2,1-4H3;2*7-9H,5-6H2,1-4H3;6-8H,5H2,1-4H3. The molecular formula is C99H182N8. The zero-order valence-corrected chi connectivity index (χ0v) is 77.8. The topological polar surface area (TPSA) is 54.4 Å². The summed E-state index contributed by atoms with van der Waals surface area (Å²) in [5, 5.41) is 0. The Bertz CT molecular complexity index is 2580. The van der Waals surface area contributed by atoms with Gasteiger partial charge in [0.1, 0.15) is 5.82 Å². The van der Waals surface area contributed by atoms with Crippen molar-refractivity contribution in [1.29, 1.82) is 0 Å². The van der Waals surface area contributed by atoms with Crippen LogP contribution >= 0.6 is 0 Å². The molecule has 107 heavy (non-hydrogen) atoms. The third kappa shape index (κ3) is 45.7. The van der Waals surface area contributed by atoms with Gasteiger partial charge in [-0.2, -0.15) is 0 Å². The molecule has 2 aromatic carbocycles. The maximum absolute atomic E-state index is 4.64. The van der Waals surface area contributed by atoms with Crippen molar-refractivity contribution in [2.24, 2.45) is 71.0 Å². The summed E-state index contributed by atoms with van der Waals surface area (Å²) in [7, 11) is 0. The fourth-order valence-corrected chi connectivity index (χ4v) is 14.0. The van der Waals surface area contributed by atoms with Gasteiger partial charge in [0.2, 0.25) is 0 Å². The van der Waals surface area contributed by atoms with Gasteiger partial charge in [-0.05, 0) is 288 Å². The van der Waals surface area contributed by atoms with Crippen molar-refractivity contribution < 1.29 is 0 Å². The van der Waals surface area contributed by atoms with Crippen LogP contribution in [-0.2, 0) is 25.7 Å². The molecule has 9 rings (SSSR count). The summed E-state index contributed by atoms with van der Waals surface area (Å²) >= 11 is 0. The molecule has 0 spiro atoms. The van der Waals surface area contributed by atoms with Gasteiger partial charge in [0.15, 0.2) is 0 Å². The number of likely N-dealkylation sites (tertiary alicyclic amines) is 3. The van der Waals surface area contributed by atoms with Crippen molar-refractivity contribution in [2.75, 3.05) is 52.4 Å². The van der Waals surface area contributed by atoms with Crippen LogP contribution in [0.4, 0.5) is 0 Å². The maximum Gasteiger partial charge on any atom is 0.128 e. The van der Waals surface area contributed by atoms with E-state index in [1.807, 2.05) is 12.3 Å². The first-order valence-electron chi connectivity index (χ1n) is 44.6. The van der Waals surface area contributed by atoms with Gasteiger partial charge in [-0.3, -0.25) is 14.8 Å². The quantitative estimate of drug-likeness (QED) is 0.0577. The van der Waals surface area contributed by atoms with Crippen molar-refractivity contribution in [2.45, 2.75) is 386 Å². The summed E-state index contributed by atoms with van der Waals surface area (Å²) in [6.45, 7) is 92.4. The molecule has 5 unspecified atom stereocenters. The molecule has 8 nitrogen and oxygen atoms in total. The highest BCUT2D eigenvalue weighted by molar-refractivity contribution is 5.26. The monoisotopic (exact) mass is 1480 g/mol. The van der Waals surface area contributed by atoms with Gasteiger partial charge in [0.05, 0.1) is 0 Å². The van der Waals surface area contributed by atoms with E-state index in [1.54, 1.807) is 0 Å². The van der Waals surface area contributed by atoms with Gasteiger partial charge >= 0.3 is 0 Å². The van der Waals surface area contributed by atoms with E-state index in [0.29, 0.717) is 23.7 Å². The van der Waals surface area contributed by atoms with E-state index < -0.39 is 0 Å². The van der Waals surface area contributed by atoms with Crippen LogP contribution in [0.1, 0.15) is 363 Å². The highest BCUT2D eigenvalue weighted by Crippen LogP contribution is 2.30. The number of piperidine rings is 1. The lowest BCUT2D eigenvalue weighted by Crippen LogP contribution is -2.51. The molecule has 2 aromatic heterocycles. The summed E-state index contributed by atoms with van der Waals surface area (Å²) in [5.41, 5.74) is 9.46. The number of hydrogen-bond acceptors (Lipinski definition) is 8. The van der Waals surface area contributed by atoms with Crippen LogP contribution in [0, 0.1) is 71.0 Å². The molecule has 5 aliphatic rings. The molecule has 0 radical (unpaired) electrons. The van der Waals surface area contributed by atoms with Gasteiger partial charge in [-0.15, -0.1) is 0 Å². The predicted octanol–water partition coefficient (Wildman–Crippen LogP) is 26.4. The Hall–Kier alpha value is -3.53. The van der Waals surface area contributed by atoms with E-state index in [9.17, 15) is 0 Å². The van der Waals surface area contributed by atoms with Crippen molar-refractivity contribution in [3.8, 4) is 0 Å². The number of nitrogens with zero attached hydrogens (tertiary/aromatic N) is 8. The smallest absolute Gasteiger partial charge is 0.128 e. The van der Waals surface area contributed by atoms with E-state index in [-0.39, 0.29) is 0 Å². The third-order valence-electron chi connectivity index (χ3n) is 22.7. The summed E-state index contributed by atoms with van der Waals surface area (Å²) in [5.74, 6) is 13.6. The second-order valence-corrected chi connectivity index (χ2v) is 39.3. The number of pyridine rings is 1. The Kier molecular flexibility index (Phi) is 51.4. The lowest BCUT2D eigenvalue weighted by atomic mass is 9.86. The number of rotatable bonds is 26. The van der Waals surface area contributed by atoms with Crippen molar-refractivity contribution in [3.05, 3.63) is 124 Å². The summed E-state index contributed by atoms with van der Waals surface area (Å²) in [6.07, 6.45) is 15.7. The first-order valence-corrected chi connectivity index (χ1v) is 44.6. The minimum Gasteiger partial charge on any atom is -0.301 e. The minimum absolute atomic E-state index is 0.496. The molecule has 618 valence electrons. The lowest BCUT2D eigenvalue weighted by molar-refractivity contribution is 0.0408. The Labute approximate surface area is 669 Å². The van der Waals surface area contributed by atoms with E-state index in [0.717, 1.165) is 138 Å². The maximum atomic E-state index is 4.64. The molecule has 7 heterocycles. The van der Waals surface area contributed by atoms with Gasteiger partial charge in [0, 0.05) is 105 Å². The fourth-order valence-electron chi connectivity index (χ4n) is 14.0. The number of benzene rings is 2. The Morgan fingerprint density at radius 1 is 0.346 bits per heavy atom. The molecule has 0 aliphatic carbocycles. The molecule has 5 saturated heterocycles. The van der Waals surface area contributed by atoms with Crippen LogP contribution in [-0.4, -0.2) is 134 Å². The summed E-state index contributed by atoms with van der Waals surface area (Å²) in [6, 6.07) is 32.0. The minimum atomic E-state index is 0.496. The first-order chi connectivity index (χ1) is 49.9. The Morgan fingerprint density at radius 2 is 0.813 bits per heavy atom. The average molecular weight is 1480 g/mol. The molecule has 5 fully saturated rings. The highest BCUT2D eigenvalue weighted by Gasteiger charge is 2.38. The lowest BCUT2D eigenvalue weighted by Gasteiger charge is -2.44. The second kappa shape index (κ2) is 54.2. The largest absolute Gasteiger partial charge is 0.301 e. The van der Waals surface area contributed by atoms with Crippen LogP contribution in [0.2, 0.25) is 0 Å².